The van der Waals surface area contributed by atoms with E-state index in [1.54, 1.807) is 0 Å². The van der Waals surface area contributed by atoms with E-state index in [9.17, 15) is 14.4 Å². The van der Waals surface area contributed by atoms with Gasteiger partial charge < -0.3 is 16.0 Å². The molecule has 6 nitrogen and oxygen atoms in total. The highest BCUT2D eigenvalue weighted by Gasteiger charge is 2.24. The molecule has 0 heterocycles. The molecular formula is C18H27N3O3. The molecule has 132 valence electrons. The Morgan fingerprint density at radius 3 is 2.08 bits per heavy atom. The van der Waals surface area contributed by atoms with Crippen LogP contribution in [0.25, 0.3) is 0 Å². The lowest BCUT2D eigenvalue weighted by Gasteiger charge is -2.22. The molecule has 6 heteroatoms. The molecule has 0 aliphatic rings. The van der Waals surface area contributed by atoms with Crippen LogP contribution in [0, 0.1) is 5.92 Å². The first-order valence-corrected chi connectivity index (χ1v) is 8.20. The molecule has 1 unspecified atom stereocenters. The molecule has 1 rings (SSSR count). The third kappa shape index (κ3) is 7.26. The minimum atomic E-state index is -0.673. The summed E-state index contributed by atoms with van der Waals surface area (Å²) in [6, 6.07) is 8.67. The molecule has 0 aliphatic heterocycles. The van der Waals surface area contributed by atoms with Gasteiger partial charge in [-0.3, -0.25) is 14.4 Å². The largest absolute Gasteiger partial charge is 0.352 e. The standard InChI is InChI=1S/C18H27N3O3/c1-12(2)17(18(24)19-11-16(23)20-13(3)4)21-15(22)10-14-8-6-5-7-9-14/h5-9,12-13,17H,10-11H2,1-4H3,(H,19,24)(H,20,23)(H,21,22). The Morgan fingerprint density at radius 1 is 0.917 bits per heavy atom. The summed E-state index contributed by atoms with van der Waals surface area (Å²) in [4.78, 5) is 36.0. The number of rotatable bonds is 8. The topological polar surface area (TPSA) is 87.3 Å². The van der Waals surface area contributed by atoms with Crippen molar-refractivity contribution in [2.75, 3.05) is 6.54 Å². The normalized spacial score (nSPS) is 11.9. The minimum absolute atomic E-state index is 0.0147. The second kappa shape index (κ2) is 9.70. The molecule has 0 aromatic heterocycles. The average molecular weight is 333 g/mol. The fourth-order valence-electron chi connectivity index (χ4n) is 2.19. The molecule has 0 fully saturated rings. The molecule has 0 spiro atoms. The van der Waals surface area contributed by atoms with E-state index in [2.05, 4.69) is 16.0 Å². The minimum Gasteiger partial charge on any atom is -0.352 e. The van der Waals surface area contributed by atoms with E-state index >= 15 is 0 Å². The van der Waals surface area contributed by atoms with Crippen LogP contribution < -0.4 is 16.0 Å². The summed E-state index contributed by atoms with van der Waals surface area (Å²) < 4.78 is 0. The number of nitrogens with one attached hydrogen (secondary N) is 3. The first-order chi connectivity index (χ1) is 11.3. The Labute approximate surface area is 143 Å². The van der Waals surface area contributed by atoms with Crippen LogP contribution in [-0.2, 0) is 20.8 Å². The predicted octanol–water partition coefficient (Wildman–Crippen LogP) is 1.01. The highest BCUT2D eigenvalue weighted by atomic mass is 16.2. The van der Waals surface area contributed by atoms with E-state index in [0.29, 0.717) is 0 Å². The van der Waals surface area contributed by atoms with Crippen molar-refractivity contribution in [3.05, 3.63) is 35.9 Å². The van der Waals surface area contributed by atoms with E-state index in [4.69, 9.17) is 0 Å². The fourth-order valence-corrected chi connectivity index (χ4v) is 2.19. The average Bonchev–Trinajstić information content (AvgIpc) is 2.50. The van der Waals surface area contributed by atoms with Crippen LogP contribution in [0.15, 0.2) is 30.3 Å². The summed E-state index contributed by atoms with van der Waals surface area (Å²) in [5.41, 5.74) is 0.884. The zero-order valence-electron chi connectivity index (χ0n) is 14.8. The van der Waals surface area contributed by atoms with Gasteiger partial charge in [-0.1, -0.05) is 44.2 Å². The second-order valence-electron chi connectivity index (χ2n) is 6.39. The molecule has 1 atom stereocenters. The lowest BCUT2D eigenvalue weighted by Crippen LogP contribution is -2.52. The number of carbonyl (C=O) groups excluding carboxylic acids is 3. The first-order valence-electron chi connectivity index (χ1n) is 8.20. The highest BCUT2D eigenvalue weighted by Crippen LogP contribution is 2.04. The van der Waals surface area contributed by atoms with Crippen molar-refractivity contribution in [1.82, 2.24) is 16.0 Å². The second-order valence-corrected chi connectivity index (χ2v) is 6.39. The van der Waals surface area contributed by atoms with E-state index < -0.39 is 6.04 Å². The zero-order valence-corrected chi connectivity index (χ0v) is 14.8. The molecule has 0 aliphatic carbocycles. The van der Waals surface area contributed by atoms with Crippen molar-refractivity contribution in [2.45, 2.75) is 46.2 Å². The van der Waals surface area contributed by atoms with Gasteiger partial charge in [-0.15, -0.1) is 0 Å². The van der Waals surface area contributed by atoms with Crippen LogP contribution in [0.2, 0.25) is 0 Å². The van der Waals surface area contributed by atoms with Crippen LogP contribution in [-0.4, -0.2) is 36.3 Å². The smallest absolute Gasteiger partial charge is 0.243 e. The lowest BCUT2D eigenvalue weighted by atomic mass is 10.0. The Bertz CT molecular complexity index is 556. The molecule has 3 N–H and O–H groups in total. The maximum atomic E-state index is 12.3. The number of benzene rings is 1. The number of hydrogen-bond acceptors (Lipinski definition) is 3. The maximum absolute atomic E-state index is 12.3. The number of amides is 3. The summed E-state index contributed by atoms with van der Waals surface area (Å²) in [6.07, 6.45) is 0.213. The lowest BCUT2D eigenvalue weighted by molar-refractivity contribution is -0.131. The molecule has 0 saturated carbocycles. The van der Waals surface area contributed by atoms with Gasteiger partial charge in [-0.25, -0.2) is 0 Å². The van der Waals surface area contributed by atoms with Crippen molar-refractivity contribution < 1.29 is 14.4 Å². The van der Waals surface area contributed by atoms with Gasteiger partial charge in [0.25, 0.3) is 0 Å². The van der Waals surface area contributed by atoms with Crippen LogP contribution in [0.1, 0.15) is 33.3 Å². The first kappa shape index (κ1) is 19.7. The summed E-state index contributed by atoms with van der Waals surface area (Å²) in [6.45, 7) is 7.29. The SMILES string of the molecule is CC(C)NC(=O)CNC(=O)C(NC(=O)Cc1ccccc1)C(C)C. The van der Waals surface area contributed by atoms with Crippen molar-refractivity contribution in [3.8, 4) is 0 Å². The summed E-state index contributed by atoms with van der Waals surface area (Å²) in [5.74, 6) is -0.915. The van der Waals surface area contributed by atoms with E-state index in [-0.39, 0.29) is 42.6 Å². The molecule has 0 bridgehead atoms. The van der Waals surface area contributed by atoms with Gasteiger partial charge in [0.15, 0.2) is 0 Å². The van der Waals surface area contributed by atoms with Crippen molar-refractivity contribution >= 4 is 17.7 Å². The van der Waals surface area contributed by atoms with Crippen LogP contribution >= 0.6 is 0 Å². The molecular weight excluding hydrogens is 306 g/mol. The van der Waals surface area contributed by atoms with Gasteiger partial charge in [0.2, 0.25) is 17.7 Å². The van der Waals surface area contributed by atoms with E-state index in [1.165, 1.54) is 0 Å². The van der Waals surface area contributed by atoms with Gasteiger partial charge in [0, 0.05) is 6.04 Å². The van der Waals surface area contributed by atoms with Crippen molar-refractivity contribution in [2.24, 2.45) is 5.92 Å². The predicted molar refractivity (Wildman–Crippen MR) is 93.2 cm³/mol. The maximum Gasteiger partial charge on any atom is 0.243 e. The Kier molecular flexibility index (Phi) is 7.95. The molecule has 1 aromatic carbocycles. The molecule has 0 radical (unpaired) electrons. The van der Waals surface area contributed by atoms with E-state index in [1.807, 2.05) is 58.0 Å². The fraction of sp³-hybridized carbons (Fsp3) is 0.500. The van der Waals surface area contributed by atoms with Crippen LogP contribution in [0.5, 0.6) is 0 Å². The van der Waals surface area contributed by atoms with Gasteiger partial charge in [0.1, 0.15) is 6.04 Å². The van der Waals surface area contributed by atoms with Gasteiger partial charge in [-0.2, -0.15) is 0 Å². The van der Waals surface area contributed by atoms with Crippen molar-refractivity contribution in [3.63, 3.8) is 0 Å². The highest BCUT2D eigenvalue weighted by molar-refractivity contribution is 5.91. The van der Waals surface area contributed by atoms with Gasteiger partial charge in [0.05, 0.1) is 13.0 Å². The quantitative estimate of drug-likeness (QED) is 0.663. The Morgan fingerprint density at radius 2 is 1.54 bits per heavy atom. The third-order valence-corrected chi connectivity index (χ3v) is 3.35. The Hall–Kier alpha value is -2.37. The summed E-state index contributed by atoms with van der Waals surface area (Å²) in [7, 11) is 0. The van der Waals surface area contributed by atoms with Crippen molar-refractivity contribution in [1.29, 1.82) is 0 Å². The third-order valence-electron chi connectivity index (χ3n) is 3.35. The van der Waals surface area contributed by atoms with E-state index in [0.717, 1.165) is 5.56 Å². The molecule has 0 saturated heterocycles. The summed E-state index contributed by atoms with van der Waals surface area (Å²) in [5, 5.41) is 8.02. The molecule has 3 amide bonds. The van der Waals surface area contributed by atoms with Gasteiger partial charge in [-0.05, 0) is 25.3 Å². The number of carbonyl (C=O) groups is 3. The van der Waals surface area contributed by atoms with Gasteiger partial charge >= 0.3 is 0 Å². The van der Waals surface area contributed by atoms with Crippen LogP contribution in [0.3, 0.4) is 0 Å². The molecule has 24 heavy (non-hydrogen) atoms. The number of hydrogen-bond donors (Lipinski definition) is 3. The Balaban J connectivity index is 2.54. The monoisotopic (exact) mass is 333 g/mol. The zero-order chi connectivity index (χ0) is 18.1. The summed E-state index contributed by atoms with van der Waals surface area (Å²) >= 11 is 0. The molecule has 1 aromatic rings. The van der Waals surface area contributed by atoms with Crippen LogP contribution in [0.4, 0.5) is 0 Å².